The van der Waals surface area contributed by atoms with Crippen LogP contribution in [-0.4, -0.2) is 29.8 Å². The second-order valence-electron chi connectivity index (χ2n) is 6.07. The van der Waals surface area contributed by atoms with Gasteiger partial charge in [-0.25, -0.2) is 0 Å². The van der Waals surface area contributed by atoms with E-state index in [-0.39, 0.29) is 18.2 Å². The SMILES string of the molecule is CNC(=O)[C@H](C)N(Cc1cccc(C)c1)C(=O)Cc1ccccc1Cl. The molecule has 0 bridgehead atoms. The number of halogens is 1. The van der Waals surface area contributed by atoms with Crippen LogP contribution in [0.5, 0.6) is 0 Å². The van der Waals surface area contributed by atoms with Crippen molar-refractivity contribution in [1.82, 2.24) is 10.2 Å². The van der Waals surface area contributed by atoms with E-state index in [1.165, 1.54) is 0 Å². The lowest BCUT2D eigenvalue weighted by atomic mass is 10.1. The molecule has 1 atom stereocenters. The average molecular weight is 359 g/mol. The second kappa shape index (κ2) is 8.67. The van der Waals surface area contributed by atoms with Gasteiger partial charge in [0.2, 0.25) is 11.8 Å². The maximum atomic E-state index is 12.9. The molecule has 0 fully saturated rings. The highest BCUT2D eigenvalue weighted by atomic mass is 35.5. The van der Waals surface area contributed by atoms with E-state index < -0.39 is 6.04 Å². The molecule has 0 saturated carbocycles. The number of nitrogens with one attached hydrogen (secondary N) is 1. The Morgan fingerprint density at radius 1 is 1.16 bits per heavy atom. The zero-order valence-corrected chi connectivity index (χ0v) is 15.5. The van der Waals surface area contributed by atoms with Gasteiger partial charge in [-0.2, -0.15) is 0 Å². The number of aryl methyl sites for hydroxylation is 1. The van der Waals surface area contributed by atoms with Crippen molar-refractivity contribution >= 4 is 23.4 Å². The highest BCUT2D eigenvalue weighted by molar-refractivity contribution is 6.31. The Kier molecular flexibility index (Phi) is 6.59. The van der Waals surface area contributed by atoms with E-state index in [2.05, 4.69) is 5.32 Å². The van der Waals surface area contributed by atoms with Crippen LogP contribution in [0.3, 0.4) is 0 Å². The van der Waals surface area contributed by atoms with Gasteiger partial charge in [0, 0.05) is 18.6 Å². The van der Waals surface area contributed by atoms with E-state index in [1.54, 1.807) is 24.9 Å². The molecule has 0 unspecified atom stereocenters. The van der Waals surface area contributed by atoms with Crippen molar-refractivity contribution in [1.29, 1.82) is 0 Å². The summed E-state index contributed by atoms with van der Waals surface area (Å²) in [5.74, 6) is -0.328. The van der Waals surface area contributed by atoms with Gasteiger partial charge in [-0.3, -0.25) is 9.59 Å². The summed E-state index contributed by atoms with van der Waals surface area (Å²) in [6, 6.07) is 14.6. The molecule has 0 aromatic heterocycles. The first-order valence-corrected chi connectivity index (χ1v) is 8.60. The van der Waals surface area contributed by atoms with Crippen LogP contribution in [0, 0.1) is 6.92 Å². The van der Waals surface area contributed by atoms with Crippen LogP contribution in [0.4, 0.5) is 0 Å². The lowest BCUT2D eigenvalue weighted by Crippen LogP contribution is -2.47. The third-order valence-corrected chi connectivity index (χ3v) is 4.52. The number of likely N-dealkylation sites (N-methyl/N-ethyl adjacent to an activating group) is 1. The third-order valence-electron chi connectivity index (χ3n) is 4.15. The van der Waals surface area contributed by atoms with Gasteiger partial charge in [0.05, 0.1) is 6.42 Å². The maximum Gasteiger partial charge on any atom is 0.242 e. The molecule has 2 amide bonds. The summed E-state index contributed by atoms with van der Waals surface area (Å²) in [7, 11) is 1.57. The van der Waals surface area contributed by atoms with Crippen LogP contribution >= 0.6 is 11.6 Å². The van der Waals surface area contributed by atoms with Crippen LogP contribution in [0.1, 0.15) is 23.6 Å². The van der Waals surface area contributed by atoms with Crippen LogP contribution in [-0.2, 0) is 22.6 Å². The fraction of sp³-hybridized carbons (Fsp3) is 0.300. The molecule has 4 nitrogen and oxygen atoms in total. The standard InChI is InChI=1S/C20H23ClN2O2/c1-14-7-6-8-16(11-14)13-23(15(2)20(25)22-3)19(24)12-17-9-4-5-10-18(17)21/h4-11,15H,12-13H2,1-3H3,(H,22,25)/t15-/m0/s1. The first-order chi connectivity index (χ1) is 11.9. The predicted octanol–water partition coefficient (Wildman–Crippen LogP) is 3.35. The average Bonchev–Trinajstić information content (AvgIpc) is 2.60. The Hall–Kier alpha value is -2.33. The van der Waals surface area contributed by atoms with Crippen molar-refractivity contribution in [3.63, 3.8) is 0 Å². The fourth-order valence-corrected chi connectivity index (χ4v) is 2.91. The molecule has 2 rings (SSSR count). The van der Waals surface area contributed by atoms with E-state index in [4.69, 9.17) is 11.6 Å². The molecule has 0 heterocycles. The van der Waals surface area contributed by atoms with Crippen molar-refractivity contribution in [3.05, 3.63) is 70.2 Å². The molecule has 1 N–H and O–H groups in total. The van der Waals surface area contributed by atoms with E-state index in [1.807, 2.05) is 49.4 Å². The highest BCUT2D eigenvalue weighted by Crippen LogP contribution is 2.18. The molecule has 0 aliphatic heterocycles. The molecule has 0 saturated heterocycles. The van der Waals surface area contributed by atoms with Gasteiger partial charge in [-0.05, 0) is 31.0 Å². The van der Waals surface area contributed by atoms with Gasteiger partial charge in [0.15, 0.2) is 0 Å². The molecule has 0 aliphatic rings. The maximum absolute atomic E-state index is 12.9. The monoisotopic (exact) mass is 358 g/mol. The Labute approximate surface area is 153 Å². The summed E-state index contributed by atoms with van der Waals surface area (Å²) in [4.78, 5) is 26.6. The molecular formula is C20H23ClN2O2. The number of carbonyl (C=O) groups is 2. The predicted molar refractivity (Wildman–Crippen MR) is 100 cm³/mol. The van der Waals surface area contributed by atoms with Gasteiger partial charge >= 0.3 is 0 Å². The van der Waals surface area contributed by atoms with Gasteiger partial charge in [0.25, 0.3) is 0 Å². The fourth-order valence-electron chi connectivity index (χ4n) is 2.70. The minimum absolute atomic E-state index is 0.134. The first-order valence-electron chi connectivity index (χ1n) is 8.22. The summed E-state index contributed by atoms with van der Waals surface area (Å²) in [6.45, 7) is 4.11. The van der Waals surface area contributed by atoms with Gasteiger partial charge in [-0.15, -0.1) is 0 Å². The molecule has 132 valence electrons. The minimum atomic E-state index is -0.569. The smallest absolute Gasteiger partial charge is 0.242 e. The normalized spacial score (nSPS) is 11.7. The van der Waals surface area contributed by atoms with Crippen LogP contribution in [0.2, 0.25) is 5.02 Å². The molecule has 2 aromatic rings. The van der Waals surface area contributed by atoms with Crippen molar-refractivity contribution in [3.8, 4) is 0 Å². The number of rotatable bonds is 6. The van der Waals surface area contributed by atoms with E-state index in [9.17, 15) is 9.59 Å². The second-order valence-corrected chi connectivity index (χ2v) is 6.48. The molecular weight excluding hydrogens is 336 g/mol. The molecule has 0 aliphatic carbocycles. The van der Waals surface area contributed by atoms with Crippen LogP contribution < -0.4 is 5.32 Å². The lowest BCUT2D eigenvalue weighted by molar-refractivity contribution is -0.139. The summed E-state index contributed by atoms with van der Waals surface area (Å²) < 4.78 is 0. The van der Waals surface area contributed by atoms with E-state index in [0.717, 1.165) is 16.7 Å². The molecule has 0 spiro atoms. The van der Waals surface area contributed by atoms with Crippen molar-refractivity contribution in [2.45, 2.75) is 32.9 Å². The summed E-state index contributed by atoms with van der Waals surface area (Å²) in [5, 5.41) is 3.17. The number of carbonyl (C=O) groups excluding carboxylic acids is 2. The third kappa shape index (κ3) is 5.07. The molecule has 5 heteroatoms. The Balaban J connectivity index is 2.25. The number of hydrogen-bond acceptors (Lipinski definition) is 2. The number of benzene rings is 2. The molecule has 0 radical (unpaired) electrons. The zero-order valence-electron chi connectivity index (χ0n) is 14.8. The number of amides is 2. The van der Waals surface area contributed by atoms with Crippen LogP contribution in [0.25, 0.3) is 0 Å². The summed E-state index contributed by atoms with van der Waals surface area (Å²) in [6.07, 6.45) is 0.160. The van der Waals surface area contributed by atoms with Crippen molar-refractivity contribution in [2.75, 3.05) is 7.05 Å². The highest BCUT2D eigenvalue weighted by Gasteiger charge is 2.25. The van der Waals surface area contributed by atoms with Gasteiger partial charge < -0.3 is 10.2 Å². The largest absolute Gasteiger partial charge is 0.357 e. The van der Waals surface area contributed by atoms with Gasteiger partial charge in [-0.1, -0.05) is 59.6 Å². The Morgan fingerprint density at radius 3 is 2.52 bits per heavy atom. The zero-order chi connectivity index (χ0) is 18.4. The van der Waals surface area contributed by atoms with E-state index in [0.29, 0.717) is 11.6 Å². The lowest BCUT2D eigenvalue weighted by Gasteiger charge is -2.28. The topological polar surface area (TPSA) is 49.4 Å². The van der Waals surface area contributed by atoms with Crippen molar-refractivity contribution in [2.24, 2.45) is 0 Å². The minimum Gasteiger partial charge on any atom is -0.357 e. The van der Waals surface area contributed by atoms with E-state index >= 15 is 0 Å². The first kappa shape index (κ1) is 19.0. The van der Waals surface area contributed by atoms with Gasteiger partial charge in [0.1, 0.15) is 6.04 Å². The number of hydrogen-bond donors (Lipinski definition) is 1. The van der Waals surface area contributed by atoms with Crippen molar-refractivity contribution < 1.29 is 9.59 Å². The van der Waals surface area contributed by atoms with Crippen LogP contribution in [0.15, 0.2) is 48.5 Å². The quantitative estimate of drug-likeness (QED) is 0.860. The summed E-state index contributed by atoms with van der Waals surface area (Å²) in [5.41, 5.74) is 2.86. The molecule has 2 aromatic carbocycles. The number of nitrogens with zero attached hydrogens (tertiary/aromatic N) is 1. The Bertz CT molecular complexity index is 761. The Morgan fingerprint density at radius 2 is 1.88 bits per heavy atom. The summed E-state index contributed by atoms with van der Waals surface area (Å²) >= 11 is 6.17. The molecule has 25 heavy (non-hydrogen) atoms.